The van der Waals surface area contributed by atoms with Crippen LogP contribution >= 0.6 is 0 Å². The molecule has 0 unspecified atom stereocenters. The summed E-state index contributed by atoms with van der Waals surface area (Å²) in [4.78, 5) is 11.2. The van der Waals surface area contributed by atoms with Crippen molar-refractivity contribution in [1.82, 2.24) is 9.97 Å². The van der Waals surface area contributed by atoms with Gasteiger partial charge in [-0.25, -0.2) is 14.4 Å². The second kappa shape index (κ2) is 5.75. The van der Waals surface area contributed by atoms with Gasteiger partial charge in [-0.1, -0.05) is 12.7 Å². The largest absolute Gasteiger partial charge is 0.508 e. The Morgan fingerprint density at radius 3 is 2.68 bits per heavy atom. The molecule has 1 fully saturated rings. The van der Waals surface area contributed by atoms with Gasteiger partial charge in [0, 0.05) is 18.5 Å². The maximum atomic E-state index is 13.6. The Bertz CT molecular complexity index is 764. The molecule has 0 amide bonds. The van der Waals surface area contributed by atoms with E-state index in [2.05, 4.69) is 21.4 Å². The number of anilines is 1. The fourth-order valence-corrected chi connectivity index (χ4v) is 2.80. The third-order valence-corrected chi connectivity index (χ3v) is 3.88. The van der Waals surface area contributed by atoms with Crippen molar-refractivity contribution >= 4 is 22.3 Å². The highest BCUT2D eigenvalue weighted by molar-refractivity contribution is 5.91. The van der Waals surface area contributed by atoms with Crippen LogP contribution in [-0.2, 0) is 0 Å². The van der Waals surface area contributed by atoms with Crippen molar-refractivity contribution in [3.8, 4) is 0 Å². The number of benzene rings is 1. The molecule has 5 heteroatoms. The van der Waals surface area contributed by atoms with Gasteiger partial charge < -0.3 is 10.0 Å². The summed E-state index contributed by atoms with van der Waals surface area (Å²) in [5.41, 5.74) is 1.15. The third kappa shape index (κ3) is 2.54. The molecule has 3 rings (SSSR count). The molecule has 1 aliphatic rings. The molecule has 2 aromatic rings. The van der Waals surface area contributed by atoms with Crippen molar-refractivity contribution in [2.45, 2.75) is 19.8 Å². The number of aliphatic hydroxyl groups is 1. The minimum atomic E-state index is -0.304. The minimum Gasteiger partial charge on any atom is -0.508 e. The summed E-state index contributed by atoms with van der Waals surface area (Å²) in [6.45, 7) is 7.15. The van der Waals surface area contributed by atoms with Crippen molar-refractivity contribution in [3.63, 3.8) is 0 Å². The van der Waals surface area contributed by atoms with E-state index in [9.17, 15) is 9.50 Å². The zero-order valence-corrected chi connectivity index (χ0v) is 12.5. The molecule has 1 aromatic heterocycles. The molecule has 22 heavy (non-hydrogen) atoms. The van der Waals surface area contributed by atoms with Crippen molar-refractivity contribution in [2.24, 2.45) is 0 Å². The zero-order chi connectivity index (χ0) is 15.7. The Kier molecular flexibility index (Phi) is 3.79. The number of aromatic nitrogens is 2. The van der Waals surface area contributed by atoms with Gasteiger partial charge in [0.15, 0.2) is 5.82 Å². The lowest BCUT2D eigenvalue weighted by Gasteiger charge is -2.19. The van der Waals surface area contributed by atoms with E-state index < -0.39 is 0 Å². The summed E-state index contributed by atoms with van der Waals surface area (Å²) in [6, 6.07) is 4.49. The highest BCUT2D eigenvalue weighted by atomic mass is 19.1. The Morgan fingerprint density at radius 1 is 1.32 bits per heavy atom. The van der Waals surface area contributed by atoms with Crippen LogP contribution < -0.4 is 4.90 Å². The van der Waals surface area contributed by atoms with Gasteiger partial charge in [-0.15, -0.1) is 0 Å². The highest BCUT2D eigenvalue weighted by Gasteiger charge is 2.20. The maximum Gasteiger partial charge on any atom is 0.165 e. The van der Waals surface area contributed by atoms with E-state index in [0.29, 0.717) is 22.3 Å². The summed E-state index contributed by atoms with van der Waals surface area (Å²) in [5.74, 6) is 0.757. The first-order chi connectivity index (χ1) is 10.6. The predicted octanol–water partition coefficient (Wildman–Crippen LogP) is 3.84. The number of hydrogen-bond donors (Lipinski definition) is 1. The second-order valence-corrected chi connectivity index (χ2v) is 5.38. The summed E-state index contributed by atoms with van der Waals surface area (Å²) in [6.07, 6.45) is 3.92. The van der Waals surface area contributed by atoms with E-state index in [0.717, 1.165) is 31.7 Å². The standard InChI is InChI=1S/C17H18FN3O/c1-3-13(11(2)22)16-19-15-7-6-12(18)10-14(15)17(20-16)21-8-4-5-9-21/h3,6-7,10,22H,2,4-5,8-9H2,1H3/b13-3+. The lowest BCUT2D eigenvalue weighted by atomic mass is 10.1. The number of allylic oxidation sites excluding steroid dienone is 2. The molecule has 1 aromatic carbocycles. The van der Waals surface area contributed by atoms with Crippen molar-refractivity contribution < 1.29 is 9.50 Å². The molecule has 1 N–H and O–H groups in total. The fourth-order valence-electron chi connectivity index (χ4n) is 2.80. The molecule has 1 aliphatic heterocycles. The number of halogens is 1. The van der Waals surface area contributed by atoms with Crippen LogP contribution in [0.2, 0.25) is 0 Å². The van der Waals surface area contributed by atoms with Gasteiger partial charge in [-0.3, -0.25) is 0 Å². The maximum absolute atomic E-state index is 13.6. The van der Waals surface area contributed by atoms with Gasteiger partial charge in [0.05, 0.1) is 11.1 Å². The minimum absolute atomic E-state index is 0.0728. The fraction of sp³-hybridized carbons (Fsp3) is 0.294. The van der Waals surface area contributed by atoms with Crippen molar-refractivity contribution in [1.29, 1.82) is 0 Å². The molecular formula is C17H18FN3O. The van der Waals surface area contributed by atoms with Crippen molar-refractivity contribution in [2.75, 3.05) is 18.0 Å². The molecule has 0 radical (unpaired) electrons. The Labute approximate surface area is 128 Å². The van der Waals surface area contributed by atoms with Gasteiger partial charge in [-0.2, -0.15) is 0 Å². The average Bonchev–Trinajstić information content (AvgIpc) is 3.01. The molecule has 0 saturated carbocycles. The van der Waals surface area contributed by atoms with Gasteiger partial charge in [0.1, 0.15) is 17.4 Å². The normalized spacial score (nSPS) is 15.5. The first-order valence-corrected chi connectivity index (χ1v) is 7.37. The quantitative estimate of drug-likeness (QED) is 0.691. The summed E-state index contributed by atoms with van der Waals surface area (Å²) in [5, 5.41) is 10.4. The lowest BCUT2D eigenvalue weighted by Crippen LogP contribution is -2.20. The van der Waals surface area contributed by atoms with Crippen LogP contribution in [0.4, 0.5) is 10.2 Å². The number of fused-ring (bicyclic) bond motifs is 1. The van der Waals surface area contributed by atoms with Crippen LogP contribution in [0.25, 0.3) is 16.5 Å². The Balaban J connectivity index is 2.24. The first kappa shape index (κ1) is 14.5. The second-order valence-electron chi connectivity index (χ2n) is 5.38. The number of hydrogen-bond acceptors (Lipinski definition) is 4. The Hall–Kier alpha value is -2.43. The average molecular weight is 299 g/mol. The van der Waals surface area contributed by atoms with Crippen LogP contribution in [-0.4, -0.2) is 28.2 Å². The molecule has 1 saturated heterocycles. The molecule has 4 nitrogen and oxygen atoms in total. The van der Waals surface area contributed by atoms with E-state index in [4.69, 9.17) is 0 Å². The van der Waals surface area contributed by atoms with E-state index in [1.165, 1.54) is 12.1 Å². The van der Waals surface area contributed by atoms with E-state index in [1.54, 1.807) is 19.1 Å². The van der Waals surface area contributed by atoms with Gasteiger partial charge in [-0.05, 0) is 38.0 Å². The van der Waals surface area contributed by atoms with Gasteiger partial charge >= 0.3 is 0 Å². The molecule has 0 atom stereocenters. The predicted molar refractivity (Wildman–Crippen MR) is 86.4 cm³/mol. The van der Waals surface area contributed by atoms with Crippen LogP contribution in [0, 0.1) is 5.82 Å². The highest BCUT2D eigenvalue weighted by Crippen LogP contribution is 2.30. The monoisotopic (exact) mass is 299 g/mol. The van der Waals surface area contributed by atoms with E-state index in [1.807, 2.05) is 0 Å². The van der Waals surface area contributed by atoms with Crippen molar-refractivity contribution in [3.05, 3.63) is 48.3 Å². The lowest BCUT2D eigenvalue weighted by molar-refractivity contribution is 0.440. The van der Waals surface area contributed by atoms with Gasteiger partial charge in [0.2, 0.25) is 0 Å². The topological polar surface area (TPSA) is 49.3 Å². The molecule has 0 spiro atoms. The Morgan fingerprint density at radius 2 is 2.05 bits per heavy atom. The molecule has 0 aliphatic carbocycles. The zero-order valence-electron chi connectivity index (χ0n) is 12.5. The van der Waals surface area contributed by atoms with Crippen LogP contribution in [0.15, 0.2) is 36.6 Å². The smallest absolute Gasteiger partial charge is 0.165 e. The number of aliphatic hydroxyl groups excluding tert-OH is 1. The van der Waals surface area contributed by atoms with E-state index in [-0.39, 0.29) is 11.6 Å². The van der Waals surface area contributed by atoms with E-state index >= 15 is 0 Å². The molecule has 2 heterocycles. The number of rotatable bonds is 3. The number of nitrogens with zero attached hydrogens (tertiary/aromatic N) is 3. The van der Waals surface area contributed by atoms with Crippen LogP contribution in [0.5, 0.6) is 0 Å². The van der Waals surface area contributed by atoms with Crippen LogP contribution in [0.3, 0.4) is 0 Å². The summed E-state index contributed by atoms with van der Waals surface area (Å²) < 4.78 is 13.6. The summed E-state index contributed by atoms with van der Waals surface area (Å²) >= 11 is 0. The SMILES string of the molecule is C=C(O)/C(=C\C)c1nc(N2CCCC2)c2cc(F)ccc2n1. The molecule has 114 valence electrons. The molecular weight excluding hydrogens is 281 g/mol. The van der Waals surface area contributed by atoms with Gasteiger partial charge in [0.25, 0.3) is 0 Å². The molecule has 0 bridgehead atoms. The van der Waals surface area contributed by atoms with Crippen LogP contribution in [0.1, 0.15) is 25.6 Å². The first-order valence-electron chi connectivity index (χ1n) is 7.37. The summed E-state index contributed by atoms with van der Waals surface area (Å²) in [7, 11) is 0. The third-order valence-electron chi connectivity index (χ3n) is 3.88.